The first-order valence-electron chi connectivity index (χ1n) is 4.04. The highest BCUT2D eigenvalue weighted by molar-refractivity contribution is 9.10. The quantitative estimate of drug-likeness (QED) is 0.667. The van der Waals surface area contributed by atoms with Crippen LogP contribution in [0.4, 0.5) is 0 Å². The van der Waals surface area contributed by atoms with Gasteiger partial charge in [0.15, 0.2) is 4.67 Å². The predicted molar refractivity (Wildman–Crippen MR) is 59.9 cm³/mol. The summed E-state index contributed by atoms with van der Waals surface area (Å²) in [6.07, 6.45) is 1.64. The number of furan rings is 1. The van der Waals surface area contributed by atoms with Gasteiger partial charge in [-0.3, -0.25) is 5.84 Å². The van der Waals surface area contributed by atoms with Gasteiger partial charge in [0.1, 0.15) is 0 Å². The van der Waals surface area contributed by atoms with Crippen LogP contribution in [-0.2, 0) is 0 Å². The van der Waals surface area contributed by atoms with Gasteiger partial charge in [0.05, 0.1) is 12.3 Å². The van der Waals surface area contributed by atoms with E-state index in [1.807, 2.05) is 17.5 Å². The molecule has 2 rings (SSSR count). The molecule has 0 saturated heterocycles. The summed E-state index contributed by atoms with van der Waals surface area (Å²) >= 11 is 4.98. The monoisotopic (exact) mass is 272 g/mol. The van der Waals surface area contributed by atoms with Gasteiger partial charge in [0.25, 0.3) is 0 Å². The van der Waals surface area contributed by atoms with Crippen molar-refractivity contribution in [1.29, 1.82) is 0 Å². The summed E-state index contributed by atoms with van der Waals surface area (Å²) in [7, 11) is 0. The van der Waals surface area contributed by atoms with Gasteiger partial charge in [-0.15, -0.1) is 0 Å². The minimum Gasteiger partial charge on any atom is -0.457 e. The molecule has 3 N–H and O–H groups in total. The topological polar surface area (TPSA) is 51.2 Å². The predicted octanol–water partition coefficient (Wildman–Crippen LogP) is 2.66. The molecule has 3 nitrogen and oxygen atoms in total. The van der Waals surface area contributed by atoms with E-state index < -0.39 is 0 Å². The van der Waals surface area contributed by atoms with Crippen LogP contribution in [0.15, 0.2) is 38.2 Å². The zero-order chi connectivity index (χ0) is 9.97. The van der Waals surface area contributed by atoms with Crippen LogP contribution in [0.25, 0.3) is 0 Å². The van der Waals surface area contributed by atoms with Gasteiger partial charge in [0, 0.05) is 5.56 Å². The van der Waals surface area contributed by atoms with Crippen LogP contribution in [0.1, 0.15) is 17.2 Å². The smallest absolute Gasteiger partial charge is 0.174 e. The number of halogens is 1. The van der Waals surface area contributed by atoms with Crippen molar-refractivity contribution in [1.82, 2.24) is 5.43 Å². The fraction of sp³-hybridized carbons (Fsp3) is 0.111. The third kappa shape index (κ3) is 1.76. The molecule has 2 aromatic rings. The van der Waals surface area contributed by atoms with Gasteiger partial charge in [0.2, 0.25) is 0 Å². The van der Waals surface area contributed by atoms with Gasteiger partial charge in [-0.2, -0.15) is 11.3 Å². The van der Waals surface area contributed by atoms with Crippen molar-refractivity contribution < 1.29 is 4.42 Å². The molecule has 74 valence electrons. The molecule has 1 atom stereocenters. The van der Waals surface area contributed by atoms with Crippen LogP contribution in [0.5, 0.6) is 0 Å². The van der Waals surface area contributed by atoms with Crippen molar-refractivity contribution in [3.8, 4) is 0 Å². The summed E-state index contributed by atoms with van der Waals surface area (Å²) in [4.78, 5) is 0. The second-order valence-corrected chi connectivity index (χ2v) is 4.31. The summed E-state index contributed by atoms with van der Waals surface area (Å²) in [5.74, 6) is 5.52. The molecular formula is C9H9BrN2OS. The van der Waals surface area contributed by atoms with Gasteiger partial charge in [-0.25, -0.2) is 5.43 Å². The summed E-state index contributed by atoms with van der Waals surface area (Å²) in [5, 5.41) is 4.08. The maximum atomic E-state index is 5.52. The number of nitrogens with two attached hydrogens (primary N) is 1. The molecular weight excluding hydrogens is 264 g/mol. The minimum absolute atomic E-state index is 0.0191. The molecule has 0 aliphatic rings. The normalized spacial score (nSPS) is 13.0. The van der Waals surface area contributed by atoms with Crippen molar-refractivity contribution in [2.45, 2.75) is 6.04 Å². The Hall–Kier alpha value is -0.620. The summed E-state index contributed by atoms with van der Waals surface area (Å²) < 4.78 is 5.88. The molecule has 2 heterocycles. The first kappa shape index (κ1) is 9.92. The molecule has 0 aliphatic heterocycles. The number of hydrogen-bond acceptors (Lipinski definition) is 4. The van der Waals surface area contributed by atoms with Crippen molar-refractivity contribution >= 4 is 27.3 Å². The summed E-state index contributed by atoms with van der Waals surface area (Å²) in [5.41, 5.74) is 4.91. The van der Waals surface area contributed by atoms with Gasteiger partial charge < -0.3 is 4.42 Å². The maximum absolute atomic E-state index is 5.52. The lowest BCUT2D eigenvalue weighted by Crippen LogP contribution is -2.28. The van der Waals surface area contributed by atoms with Gasteiger partial charge >= 0.3 is 0 Å². The fourth-order valence-corrected chi connectivity index (χ4v) is 2.47. The van der Waals surface area contributed by atoms with E-state index in [4.69, 9.17) is 10.3 Å². The van der Waals surface area contributed by atoms with Crippen LogP contribution in [0.2, 0.25) is 0 Å². The largest absolute Gasteiger partial charge is 0.457 e. The summed E-state index contributed by atoms with van der Waals surface area (Å²) in [6.45, 7) is 0. The Morgan fingerprint density at radius 2 is 2.36 bits per heavy atom. The molecule has 5 heteroatoms. The van der Waals surface area contributed by atoms with E-state index in [-0.39, 0.29) is 6.04 Å². The van der Waals surface area contributed by atoms with Crippen molar-refractivity contribution in [3.05, 3.63) is 45.0 Å². The van der Waals surface area contributed by atoms with E-state index in [0.717, 1.165) is 11.1 Å². The average Bonchev–Trinajstić information content (AvgIpc) is 2.80. The second kappa shape index (κ2) is 4.27. The van der Waals surface area contributed by atoms with Crippen LogP contribution in [0.3, 0.4) is 0 Å². The second-order valence-electron chi connectivity index (χ2n) is 2.81. The molecule has 0 bridgehead atoms. The first-order chi connectivity index (χ1) is 6.83. The van der Waals surface area contributed by atoms with Crippen LogP contribution in [0, 0.1) is 0 Å². The van der Waals surface area contributed by atoms with E-state index >= 15 is 0 Å². The molecule has 0 amide bonds. The Kier molecular flexibility index (Phi) is 3.02. The van der Waals surface area contributed by atoms with E-state index in [0.29, 0.717) is 4.67 Å². The van der Waals surface area contributed by atoms with Gasteiger partial charge in [-0.1, -0.05) is 0 Å². The number of hydrazine groups is 1. The van der Waals surface area contributed by atoms with E-state index in [1.165, 1.54) is 0 Å². The third-order valence-electron chi connectivity index (χ3n) is 2.00. The number of thiophene rings is 1. The molecule has 0 fully saturated rings. The van der Waals surface area contributed by atoms with E-state index in [1.54, 1.807) is 17.6 Å². The Morgan fingerprint density at radius 3 is 2.86 bits per heavy atom. The Balaban J connectivity index is 2.36. The lowest BCUT2D eigenvalue weighted by Gasteiger charge is -2.12. The molecule has 0 spiro atoms. The average molecular weight is 273 g/mol. The summed E-state index contributed by atoms with van der Waals surface area (Å²) in [6, 6.07) is 3.91. The molecule has 0 aliphatic carbocycles. The third-order valence-corrected chi connectivity index (χ3v) is 3.35. The lowest BCUT2D eigenvalue weighted by atomic mass is 10.1. The minimum atomic E-state index is -0.0191. The lowest BCUT2D eigenvalue weighted by molar-refractivity contribution is 0.527. The Labute approximate surface area is 94.0 Å². The highest BCUT2D eigenvalue weighted by atomic mass is 79.9. The SMILES string of the molecule is NNC(c1ccsc1)c1ccoc1Br. The van der Waals surface area contributed by atoms with Crippen molar-refractivity contribution in [3.63, 3.8) is 0 Å². The number of hydrogen-bond donors (Lipinski definition) is 2. The molecule has 0 saturated carbocycles. The highest BCUT2D eigenvalue weighted by Gasteiger charge is 2.17. The van der Waals surface area contributed by atoms with Crippen LogP contribution < -0.4 is 11.3 Å². The Bertz CT molecular complexity index is 399. The van der Waals surface area contributed by atoms with Crippen LogP contribution in [-0.4, -0.2) is 0 Å². The first-order valence-corrected chi connectivity index (χ1v) is 5.77. The molecule has 14 heavy (non-hydrogen) atoms. The zero-order valence-electron chi connectivity index (χ0n) is 7.24. The van der Waals surface area contributed by atoms with E-state index in [9.17, 15) is 0 Å². The molecule has 0 radical (unpaired) electrons. The maximum Gasteiger partial charge on any atom is 0.174 e. The van der Waals surface area contributed by atoms with E-state index in [2.05, 4.69) is 26.7 Å². The zero-order valence-corrected chi connectivity index (χ0v) is 9.64. The van der Waals surface area contributed by atoms with Gasteiger partial charge in [-0.05, 0) is 44.4 Å². The molecule has 2 aromatic heterocycles. The number of nitrogens with one attached hydrogen (secondary N) is 1. The number of rotatable bonds is 3. The fourth-order valence-electron chi connectivity index (χ4n) is 1.32. The molecule has 0 aromatic carbocycles. The van der Waals surface area contributed by atoms with Crippen LogP contribution >= 0.6 is 27.3 Å². The highest BCUT2D eigenvalue weighted by Crippen LogP contribution is 2.29. The Morgan fingerprint density at radius 1 is 1.50 bits per heavy atom. The van der Waals surface area contributed by atoms with Crippen molar-refractivity contribution in [2.24, 2.45) is 5.84 Å². The van der Waals surface area contributed by atoms with Crippen molar-refractivity contribution in [2.75, 3.05) is 0 Å². The standard InChI is InChI=1S/C9H9BrN2OS/c10-9-7(1-3-13-9)8(12-11)6-2-4-14-5-6/h1-5,8,12H,11H2. The molecule has 1 unspecified atom stereocenters.